The molecule has 0 aliphatic carbocycles. The van der Waals surface area contributed by atoms with Gasteiger partial charge in [-0.3, -0.25) is 0 Å². The van der Waals surface area contributed by atoms with E-state index in [1.165, 1.54) is 4.88 Å². The van der Waals surface area contributed by atoms with Crippen LogP contribution in [0.2, 0.25) is 0 Å². The summed E-state index contributed by atoms with van der Waals surface area (Å²) >= 11 is 1.71. The van der Waals surface area contributed by atoms with E-state index in [9.17, 15) is 0 Å². The second-order valence-corrected chi connectivity index (χ2v) is 7.41. The Labute approximate surface area is 175 Å². The molecule has 0 amide bonds. The van der Waals surface area contributed by atoms with Crippen molar-refractivity contribution < 1.29 is 4.74 Å². The van der Waals surface area contributed by atoms with E-state index in [1.807, 2.05) is 48.9 Å². The monoisotopic (exact) mass is 410 g/mol. The van der Waals surface area contributed by atoms with Crippen molar-refractivity contribution in [2.24, 2.45) is 12.0 Å². The minimum absolute atomic E-state index is 0.466. The molecule has 1 aromatic carbocycles. The number of guanidine groups is 1. The first-order valence-electron chi connectivity index (χ1n) is 9.38. The standard InChI is InChI=1S/C21H26N6OS/c1-4-11-28-19-10-6-5-8-17(19)13-22-21(23-14-18-9-7-12-29-18)24-15-20-26-25-16(2)27(20)3/h4-10,12H,1,11,13-15H2,2-3H3,(H2,22,23,24). The summed E-state index contributed by atoms with van der Waals surface area (Å²) < 4.78 is 7.70. The van der Waals surface area contributed by atoms with Gasteiger partial charge in [-0.05, 0) is 24.4 Å². The van der Waals surface area contributed by atoms with Crippen LogP contribution in [-0.2, 0) is 26.7 Å². The van der Waals surface area contributed by atoms with E-state index in [0.29, 0.717) is 32.2 Å². The van der Waals surface area contributed by atoms with E-state index < -0.39 is 0 Å². The molecule has 0 fully saturated rings. The summed E-state index contributed by atoms with van der Waals surface area (Å²) in [5.41, 5.74) is 1.01. The van der Waals surface area contributed by atoms with Crippen LogP contribution >= 0.6 is 11.3 Å². The van der Waals surface area contributed by atoms with Crippen molar-refractivity contribution in [3.8, 4) is 5.75 Å². The molecule has 8 heteroatoms. The summed E-state index contributed by atoms with van der Waals surface area (Å²) in [6, 6.07) is 12.0. The summed E-state index contributed by atoms with van der Waals surface area (Å²) in [6.45, 7) is 7.83. The van der Waals surface area contributed by atoms with E-state index in [4.69, 9.17) is 9.73 Å². The second kappa shape index (κ2) is 10.4. The predicted molar refractivity (Wildman–Crippen MR) is 117 cm³/mol. The van der Waals surface area contributed by atoms with Crippen LogP contribution in [0.5, 0.6) is 5.75 Å². The van der Waals surface area contributed by atoms with Crippen LogP contribution in [0.15, 0.2) is 59.4 Å². The van der Waals surface area contributed by atoms with Crippen molar-refractivity contribution in [2.45, 2.75) is 26.6 Å². The van der Waals surface area contributed by atoms with Gasteiger partial charge in [0.25, 0.3) is 0 Å². The van der Waals surface area contributed by atoms with E-state index in [-0.39, 0.29) is 0 Å². The van der Waals surface area contributed by atoms with Crippen molar-refractivity contribution in [1.82, 2.24) is 25.4 Å². The summed E-state index contributed by atoms with van der Waals surface area (Å²) in [4.78, 5) is 5.99. The highest BCUT2D eigenvalue weighted by molar-refractivity contribution is 7.09. The quantitative estimate of drug-likeness (QED) is 0.322. The summed E-state index contributed by atoms with van der Waals surface area (Å²) in [5.74, 6) is 3.25. The van der Waals surface area contributed by atoms with Crippen molar-refractivity contribution in [3.63, 3.8) is 0 Å². The van der Waals surface area contributed by atoms with Gasteiger partial charge >= 0.3 is 0 Å². The fourth-order valence-corrected chi connectivity index (χ4v) is 3.26. The molecule has 2 aromatic heterocycles. The van der Waals surface area contributed by atoms with Gasteiger partial charge in [-0.25, -0.2) is 4.99 Å². The summed E-state index contributed by atoms with van der Waals surface area (Å²) in [5, 5.41) is 17.1. The summed E-state index contributed by atoms with van der Waals surface area (Å²) in [7, 11) is 1.95. The Balaban J connectivity index is 1.71. The molecule has 0 spiro atoms. The van der Waals surface area contributed by atoms with Crippen molar-refractivity contribution in [2.75, 3.05) is 6.61 Å². The zero-order chi connectivity index (χ0) is 20.5. The van der Waals surface area contributed by atoms with E-state index >= 15 is 0 Å². The number of aryl methyl sites for hydroxylation is 1. The molecule has 0 atom stereocenters. The molecule has 0 radical (unpaired) electrons. The lowest BCUT2D eigenvalue weighted by Crippen LogP contribution is -2.37. The smallest absolute Gasteiger partial charge is 0.192 e. The molecule has 2 N–H and O–H groups in total. The van der Waals surface area contributed by atoms with Crippen molar-refractivity contribution in [3.05, 3.63) is 76.5 Å². The Morgan fingerprint density at radius 3 is 2.76 bits per heavy atom. The molecule has 0 unspecified atom stereocenters. The van der Waals surface area contributed by atoms with Gasteiger partial charge in [-0.1, -0.05) is 36.9 Å². The largest absolute Gasteiger partial charge is 0.489 e. The van der Waals surface area contributed by atoms with Crippen LogP contribution in [0.1, 0.15) is 22.1 Å². The van der Waals surface area contributed by atoms with Crippen LogP contribution < -0.4 is 15.4 Å². The average Bonchev–Trinajstić information content (AvgIpc) is 3.37. The maximum Gasteiger partial charge on any atom is 0.192 e. The van der Waals surface area contributed by atoms with E-state index in [2.05, 4.69) is 38.9 Å². The molecule has 0 aliphatic heterocycles. The van der Waals surface area contributed by atoms with Gasteiger partial charge < -0.3 is 19.9 Å². The number of ether oxygens (including phenoxy) is 1. The van der Waals surface area contributed by atoms with Crippen LogP contribution in [-0.4, -0.2) is 27.3 Å². The number of thiophene rings is 1. The fourth-order valence-electron chi connectivity index (χ4n) is 2.61. The topological polar surface area (TPSA) is 76.4 Å². The minimum atomic E-state index is 0.466. The molecule has 3 aromatic rings. The highest BCUT2D eigenvalue weighted by Crippen LogP contribution is 2.19. The molecule has 152 valence electrons. The first kappa shape index (κ1) is 20.6. The number of nitrogens with one attached hydrogen (secondary N) is 2. The Hall–Kier alpha value is -3.13. The number of para-hydroxylation sites is 1. The first-order valence-corrected chi connectivity index (χ1v) is 10.3. The van der Waals surface area contributed by atoms with Crippen molar-refractivity contribution >= 4 is 17.3 Å². The molecular formula is C21H26N6OS. The normalized spacial score (nSPS) is 11.3. The number of benzene rings is 1. The Morgan fingerprint density at radius 1 is 1.21 bits per heavy atom. The van der Waals surface area contributed by atoms with Crippen LogP contribution in [0.3, 0.4) is 0 Å². The van der Waals surface area contributed by atoms with Crippen LogP contribution in [0.4, 0.5) is 0 Å². The van der Waals surface area contributed by atoms with Crippen LogP contribution in [0.25, 0.3) is 0 Å². The first-order chi connectivity index (χ1) is 14.2. The third-order valence-electron chi connectivity index (χ3n) is 4.34. The lowest BCUT2D eigenvalue weighted by Gasteiger charge is -2.13. The van der Waals surface area contributed by atoms with Gasteiger partial charge in [0.15, 0.2) is 11.8 Å². The molecule has 2 heterocycles. The Bertz CT molecular complexity index is 948. The Morgan fingerprint density at radius 2 is 2.03 bits per heavy atom. The lowest BCUT2D eigenvalue weighted by molar-refractivity contribution is 0.359. The van der Waals surface area contributed by atoms with Crippen molar-refractivity contribution in [1.29, 1.82) is 0 Å². The Kier molecular flexibility index (Phi) is 7.40. The highest BCUT2D eigenvalue weighted by atomic mass is 32.1. The zero-order valence-electron chi connectivity index (χ0n) is 16.8. The summed E-state index contributed by atoms with van der Waals surface area (Å²) in [6.07, 6.45) is 1.73. The van der Waals surface area contributed by atoms with Gasteiger partial charge in [0, 0.05) is 17.5 Å². The van der Waals surface area contributed by atoms with Gasteiger partial charge in [-0.2, -0.15) is 0 Å². The fraction of sp³-hybridized carbons (Fsp3) is 0.286. The van der Waals surface area contributed by atoms with Gasteiger partial charge in [0.2, 0.25) is 0 Å². The zero-order valence-corrected chi connectivity index (χ0v) is 17.6. The molecular weight excluding hydrogens is 384 g/mol. The molecule has 0 saturated heterocycles. The third kappa shape index (κ3) is 5.92. The number of aliphatic imine (C=N–C) groups is 1. The number of hydrogen-bond donors (Lipinski definition) is 2. The molecule has 29 heavy (non-hydrogen) atoms. The molecule has 0 bridgehead atoms. The predicted octanol–water partition coefficient (Wildman–Crippen LogP) is 3.19. The number of hydrogen-bond acceptors (Lipinski definition) is 5. The van der Waals surface area contributed by atoms with E-state index in [0.717, 1.165) is 23.0 Å². The average molecular weight is 411 g/mol. The number of nitrogens with zero attached hydrogens (tertiary/aromatic N) is 4. The molecule has 0 saturated carbocycles. The maximum atomic E-state index is 5.74. The number of rotatable bonds is 9. The SMILES string of the molecule is C=CCOc1ccccc1CN=C(NCc1cccs1)NCc1nnc(C)n1C. The number of aromatic nitrogens is 3. The lowest BCUT2D eigenvalue weighted by atomic mass is 10.2. The van der Waals surface area contributed by atoms with Gasteiger partial charge in [-0.15, -0.1) is 21.5 Å². The highest BCUT2D eigenvalue weighted by Gasteiger charge is 2.08. The van der Waals surface area contributed by atoms with Gasteiger partial charge in [0.1, 0.15) is 18.2 Å². The molecule has 3 rings (SSSR count). The van der Waals surface area contributed by atoms with Gasteiger partial charge in [0.05, 0.1) is 19.6 Å². The maximum absolute atomic E-state index is 5.74. The molecule has 0 aliphatic rings. The van der Waals surface area contributed by atoms with E-state index in [1.54, 1.807) is 17.4 Å². The van der Waals surface area contributed by atoms with Crippen LogP contribution in [0, 0.1) is 6.92 Å². The second-order valence-electron chi connectivity index (χ2n) is 6.38. The molecule has 7 nitrogen and oxygen atoms in total. The third-order valence-corrected chi connectivity index (χ3v) is 5.22. The minimum Gasteiger partial charge on any atom is -0.489 e.